The zero-order chi connectivity index (χ0) is 15.4. The molecule has 6 heteroatoms. The van der Waals surface area contributed by atoms with Crippen molar-refractivity contribution in [1.82, 2.24) is 0 Å². The maximum Gasteiger partial charge on any atom is 0.265 e. The highest BCUT2D eigenvalue weighted by Gasteiger charge is 2.12. The first-order chi connectivity index (χ1) is 9.99. The number of aliphatic hydroxyl groups is 1. The first-order valence-corrected chi connectivity index (χ1v) is 7.16. The number of aliphatic hydroxyl groups excluding tert-OH is 1. The van der Waals surface area contributed by atoms with Crippen molar-refractivity contribution in [3.8, 4) is 11.8 Å². The lowest BCUT2D eigenvalue weighted by atomic mass is 10.2. The molecular weight excluding hydrogens is 313 g/mol. The minimum absolute atomic E-state index is 0.210. The molecule has 3 nitrogen and oxygen atoms in total. The Bertz CT molecular complexity index is 726. The van der Waals surface area contributed by atoms with E-state index in [1.54, 1.807) is 6.07 Å². The van der Waals surface area contributed by atoms with E-state index in [1.807, 2.05) is 6.92 Å². The zero-order valence-electron chi connectivity index (χ0n) is 11.0. The molecule has 2 N–H and O–H groups in total. The summed E-state index contributed by atoms with van der Waals surface area (Å²) in [7, 11) is 0. The van der Waals surface area contributed by atoms with E-state index in [1.165, 1.54) is 23.5 Å². The van der Waals surface area contributed by atoms with Crippen LogP contribution >= 0.6 is 22.9 Å². The third-order valence-electron chi connectivity index (χ3n) is 2.54. The molecule has 0 fully saturated rings. The third kappa shape index (κ3) is 4.05. The van der Waals surface area contributed by atoms with Gasteiger partial charge in [-0.25, -0.2) is 4.39 Å². The lowest BCUT2D eigenvalue weighted by Gasteiger charge is -2.04. The van der Waals surface area contributed by atoms with E-state index in [2.05, 4.69) is 17.2 Å². The van der Waals surface area contributed by atoms with Crippen LogP contribution in [0.4, 0.5) is 10.1 Å². The van der Waals surface area contributed by atoms with Crippen molar-refractivity contribution in [2.24, 2.45) is 0 Å². The van der Waals surface area contributed by atoms with Crippen LogP contribution in [0.1, 0.15) is 20.1 Å². The summed E-state index contributed by atoms with van der Waals surface area (Å²) in [5.74, 6) is 4.44. The average molecular weight is 324 g/mol. The van der Waals surface area contributed by atoms with Crippen LogP contribution in [0.15, 0.2) is 24.3 Å². The molecule has 1 amide bonds. The van der Waals surface area contributed by atoms with Gasteiger partial charge < -0.3 is 10.4 Å². The first kappa shape index (κ1) is 15.5. The van der Waals surface area contributed by atoms with Gasteiger partial charge in [-0.05, 0) is 36.8 Å². The number of aryl methyl sites for hydroxylation is 1. The van der Waals surface area contributed by atoms with Gasteiger partial charge in [-0.15, -0.1) is 11.3 Å². The molecule has 0 saturated heterocycles. The van der Waals surface area contributed by atoms with Crippen LogP contribution in [0, 0.1) is 24.6 Å². The lowest BCUT2D eigenvalue weighted by molar-refractivity contribution is 0.103. The maximum atomic E-state index is 13.2. The van der Waals surface area contributed by atoms with Gasteiger partial charge in [0, 0.05) is 10.7 Å². The molecular formula is C15H11ClFNO2S. The zero-order valence-corrected chi connectivity index (χ0v) is 12.6. The summed E-state index contributed by atoms with van der Waals surface area (Å²) in [6, 6.07) is 5.52. The fourth-order valence-corrected chi connectivity index (χ4v) is 2.82. The number of anilines is 1. The molecule has 0 saturated carbocycles. The standard InChI is InChI=1S/C15H11ClFNO2S/c1-9-5-14(21-13(9)3-2-4-19)15(20)18-12-7-10(16)6-11(17)8-12/h5-8,19H,4H2,1H3,(H,18,20). The van der Waals surface area contributed by atoms with Crippen LogP contribution in [0.3, 0.4) is 0 Å². The van der Waals surface area contributed by atoms with Crippen LogP contribution in [0.25, 0.3) is 0 Å². The molecule has 0 aliphatic heterocycles. The van der Waals surface area contributed by atoms with Gasteiger partial charge >= 0.3 is 0 Å². The van der Waals surface area contributed by atoms with Crippen LogP contribution < -0.4 is 5.32 Å². The minimum atomic E-state index is -0.519. The van der Waals surface area contributed by atoms with Gasteiger partial charge in [0.15, 0.2) is 0 Å². The molecule has 1 aromatic carbocycles. The highest BCUT2D eigenvalue weighted by atomic mass is 35.5. The largest absolute Gasteiger partial charge is 0.384 e. The van der Waals surface area contributed by atoms with Crippen molar-refractivity contribution < 1.29 is 14.3 Å². The normalized spacial score (nSPS) is 9.90. The van der Waals surface area contributed by atoms with Crippen LogP contribution in [0.2, 0.25) is 5.02 Å². The molecule has 0 atom stereocenters. The molecule has 2 aromatic rings. The summed E-state index contributed by atoms with van der Waals surface area (Å²) in [5.41, 5.74) is 1.14. The van der Waals surface area contributed by atoms with E-state index in [-0.39, 0.29) is 17.5 Å². The van der Waals surface area contributed by atoms with Gasteiger partial charge in [-0.1, -0.05) is 23.4 Å². The van der Waals surface area contributed by atoms with E-state index in [4.69, 9.17) is 16.7 Å². The smallest absolute Gasteiger partial charge is 0.265 e. The summed E-state index contributed by atoms with van der Waals surface area (Å²) in [4.78, 5) is 13.3. The van der Waals surface area contributed by atoms with E-state index < -0.39 is 5.82 Å². The molecule has 0 unspecified atom stereocenters. The van der Waals surface area contributed by atoms with E-state index in [9.17, 15) is 9.18 Å². The molecule has 108 valence electrons. The van der Waals surface area contributed by atoms with Crippen molar-refractivity contribution in [2.75, 3.05) is 11.9 Å². The number of thiophene rings is 1. The second-order valence-corrected chi connectivity index (χ2v) is 5.68. The summed E-state index contributed by atoms with van der Waals surface area (Å²) >= 11 is 6.95. The Balaban J connectivity index is 2.20. The number of rotatable bonds is 2. The first-order valence-electron chi connectivity index (χ1n) is 5.97. The minimum Gasteiger partial charge on any atom is -0.384 e. The van der Waals surface area contributed by atoms with Crippen molar-refractivity contribution in [3.05, 3.63) is 50.4 Å². The number of carbonyl (C=O) groups is 1. The second-order valence-electron chi connectivity index (χ2n) is 4.19. The number of benzene rings is 1. The molecule has 2 rings (SSSR count). The second kappa shape index (κ2) is 6.72. The SMILES string of the molecule is Cc1cc(C(=O)Nc2cc(F)cc(Cl)c2)sc1C#CCO. The fraction of sp³-hybridized carbons (Fsp3) is 0.133. The van der Waals surface area contributed by atoms with E-state index in [0.29, 0.717) is 15.4 Å². The molecule has 1 heterocycles. The molecule has 0 radical (unpaired) electrons. The average Bonchev–Trinajstić information content (AvgIpc) is 2.76. The Morgan fingerprint density at radius 1 is 1.43 bits per heavy atom. The van der Waals surface area contributed by atoms with E-state index >= 15 is 0 Å². The highest BCUT2D eigenvalue weighted by molar-refractivity contribution is 7.14. The Morgan fingerprint density at radius 3 is 2.86 bits per heavy atom. The number of hydrogen-bond acceptors (Lipinski definition) is 3. The highest BCUT2D eigenvalue weighted by Crippen LogP contribution is 2.23. The maximum absolute atomic E-state index is 13.2. The van der Waals surface area contributed by atoms with Crippen molar-refractivity contribution >= 4 is 34.5 Å². The van der Waals surface area contributed by atoms with E-state index in [0.717, 1.165) is 11.6 Å². The van der Waals surface area contributed by atoms with Crippen molar-refractivity contribution in [3.63, 3.8) is 0 Å². The number of carbonyl (C=O) groups excluding carboxylic acids is 1. The summed E-state index contributed by atoms with van der Waals surface area (Å²) in [5, 5.41) is 11.5. The quantitative estimate of drug-likeness (QED) is 0.832. The van der Waals surface area contributed by atoms with Gasteiger partial charge in [0.1, 0.15) is 12.4 Å². The van der Waals surface area contributed by atoms with Crippen molar-refractivity contribution in [2.45, 2.75) is 6.92 Å². The summed E-state index contributed by atoms with van der Waals surface area (Å²) < 4.78 is 13.2. The lowest BCUT2D eigenvalue weighted by Crippen LogP contribution is -2.10. The van der Waals surface area contributed by atoms with Crippen LogP contribution in [-0.4, -0.2) is 17.6 Å². The Hall–Kier alpha value is -1.87. The fourth-order valence-electron chi connectivity index (χ4n) is 1.66. The van der Waals surface area contributed by atoms with Crippen LogP contribution in [-0.2, 0) is 0 Å². The van der Waals surface area contributed by atoms with Gasteiger partial charge in [0.05, 0.1) is 9.75 Å². The third-order valence-corrected chi connectivity index (χ3v) is 3.91. The van der Waals surface area contributed by atoms with Gasteiger partial charge in [0.2, 0.25) is 0 Å². The number of hydrogen-bond donors (Lipinski definition) is 2. The Labute approximate surface area is 130 Å². The van der Waals surface area contributed by atoms with Crippen LogP contribution in [0.5, 0.6) is 0 Å². The predicted molar refractivity (Wildman–Crippen MR) is 82.4 cm³/mol. The molecule has 1 aromatic heterocycles. The Morgan fingerprint density at radius 2 is 2.19 bits per heavy atom. The number of amides is 1. The summed E-state index contributed by atoms with van der Waals surface area (Å²) in [6.45, 7) is 1.59. The summed E-state index contributed by atoms with van der Waals surface area (Å²) in [6.07, 6.45) is 0. The molecule has 0 bridgehead atoms. The van der Waals surface area contributed by atoms with Gasteiger partial charge in [-0.3, -0.25) is 4.79 Å². The molecule has 21 heavy (non-hydrogen) atoms. The number of halogens is 2. The van der Waals surface area contributed by atoms with Gasteiger partial charge in [-0.2, -0.15) is 0 Å². The molecule has 0 aliphatic rings. The predicted octanol–water partition coefficient (Wildman–Crippen LogP) is 3.45. The van der Waals surface area contributed by atoms with Crippen molar-refractivity contribution in [1.29, 1.82) is 0 Å². The van der Waals surface area contributed by atoms with Gasteiger partial charge in [0.25, 0.3) is 5.91 Å². The molecule has 0 spiro atoms. The Kier molecular flexibility index (Phi) is 4.97. The number of nitrogens with one attached hydrogen (secondary N) is 1. The topological polar surface area (TPSA) is 49.3 Å². The monoisotopic (exact) mass is 323 g/mol. The molecule has 0 aliphatic carbocycles.